The fourth-order valence-corrected chi connectivity index (χ4v) is 2.64. The Bertz CT molecular complexity index is 824. The summed E-state index contributed by atoms with van der Waals surface area (Å²) in [5.41, 5.74) is 1.52. The molecule has 3 rings (SSSR count). The van der Waals surface area contributed by atoms with E-state index in [1.165, 1.54) is 18.4 Å². The van der Waals surface area contributed by atoms with Crippen LogP contribution >= 0.6 is 0 Å². The van der Waals surface area contributed by atoms with Crippen LogP contribution in [0.3, 0.4) is 0 Å². The maximum Gasteiger partial charge on any atom is 0.326 e. The smallest absolute Gasteiger partial charge is 0.326 e. The molecule has 1 aromatic heterocycles. The van der Waals surface area contributed by atoms with Gasteiger partial charge in [-0.2, -0.15) is 0 Å². The number of hydrogen-bond acceptors (Lipinski definition) is 4. The first-order chi connectivity index (χ1) is 12.4. The molecule has 3 N–H and O–H groups in total. The minimum Gasteiger partial charge on any atom is -0.480 e. The first kappa shape index (κ1) is 17.7. The minimum atomic E-state index is -1.04. The SMILES string of the molecule is Cc1ccc(C(=O)NC(CC2CC2)C(=O)O)cc1NC(=O)c1ccco1. The van der Waals surface area contributed by atoms with Crippen LogP contribution in [0.2, 0.25) is 0 Å². The molecule has 1 atom stereocenters. The van der Waals surface area contributed by atoms with Gasteiger partial charge in [0.1, 0.15) is 6.04 Å². The van der Waals surface area contributed by atoms with Gasteiger partial charge in [-0.25, -0.2) is 4.79 Å². The number of nitrogens with one attached hydrogen (secondary N) is 2. The standard InChI is InChI=1S/C19H20N2O5/c1-11-4-7-13(10-14(11)20-18(23)16-3-2-8-26-16)17(22)21-15(19(24)25)9-12-5-6-12/h2-4,7-8,10,12,15H,5-6,9H2,1H3,(H,20,23)(H,21,22)(H,24,25). The lowest BCUT2D eigenvalue weighted by molar-refractivity contribution is -0.139. The average molecular weight is 356 g/mol. The highest BCUT2D eigenvalue weighted by atomic mass is 16.4. The lowest BCUT2D eigenvalue weighted by atomic mass is 10.1. The van der Waals surface area contributed by atoms with Crippen LogP contribution in [-0.2, 0) is 4.79 Å². The number of carboxylic acid groups (broad SMARTS) is 1. The normalized spacial score (nSPS) is 14.5. The zero-order chi connectivity index (χ0) is 18.7. The molecule has 26 heavy (non-hydrogen) atoms. The van der Waals surface area contributed by atoms with Crippen molar-refractivity contribution in [1.29, 1.82) is 0 Å². The van der Waals surface area contributed by atoms with E-state index >= 15 is 0 Å². The highest BCUT2D eigenvalue weighted by Crippen LogP contribution is 2.33. The Balaban J connectivity index is 1.72. The fraction of sp³-hybridized carbons (Fsp3) is 0.316. The molecule has 2 aromatic rings. The van der Waals surface area contributed by atoms with Crippen molar-refractivity contribution in [2.45, 2.75) is 32.2 Å². The molecule has 1 fully saturated rings. The third-order valence-corrected chi connectivity index (χ3v) is 4.36. The molecule has 0 aliphatic heterocycles. The predicted molar refractivity (Wildman–Crippen MR) is 94.1 cm³/mol. The fourth-order valence-electron chi connectivity index (χ4n) is 2.64. The number of amides is 2. The van der Waals surface area contributed by atoms with Crippen molar-refractivity contribution in [2.24, 2.45) is 5.92 Å². The van der Waals surface area contributed by atoms with Gasteiger partial charge in [-0.15, -0.1) is 0 Å². The number of carboxylic acids is 1. The van der Waals surface area contributed by atoms with Gasteiger partial charge in [0.2, 0.25) is 0 Å². The number of anilines is 1. The lowest BCUT2D eigenvalue weighted by Crippen LogP contribution is -2.41. The first-order valence-corrected chi connectivity index (χ1v) is 8.43. The summed E-state index contributed by atoms with van der Waals surface area (Å²) in [7, 11) is 0. The third kappa shape index (κ3) is 4.30. The lowest BCUT2D eigenvalue weighted by Gasteiger charge is -2.15. The van der Waals surface area contributed by atoms with E-state index in [0.29, 0.717) is 18.0 Å². The zero-order valence-corrected chi connectivity index (χ0v) is 14.3. The van der Waals surface area contributed by atoms with Gasteiger partial charge < -0.3 is 20.2 Å². The molecule has 2 amide bonds. The molecule has 1 aliphatic carbocycles. The Morgan fingerprint density at radius 1 is 1.23 bits per heavy atom. The summed E-state index contributed by atoms with van der Waals surface area (Å²) >= 11 is 0. The van der Waals surface area contributed by atoms with Gasteiger partial charge in [0.15, 0.2) is 5.76 Å². The monoisotopic (exact) mass is 356 g/mol. The van der Waals surface area contributed by atoms with Gasteiger partial charge in [0.05, 0.1) is 6.26 Å². The summed E-state index contributed by atoms with van der Waals surface area (Å²) in [6.45, 7) is 1.80. The number of carbonyl (C=O) groups is 3. The first-order valence-electron chi connectivity index (χ1n) is 8.43. The van der Waals surface area contributed by atoms with E-state index in [9.17, 15) is 19.5 Å². The van der Waals surface area contributed by atoms with E-state index in [2.05, 4.69) is 10.6 Å². The average Bonchev–Trinajstić information content (AvgIpc) is 3.24. The second kappa shape index (κ2) is 7.43. The molecule has 1 heterocycles. The Morgan fingerprint density at radius 3 is 2.62 bits per heavy atom. The molecule has 7 heteroatoms. The van der Waals surface area contributed by atoms with Gasteiger partial charge in [0.25, 0.3) is 11.8 Å². The number of carbonyl (C=O) groups excluding carboxylic acids is 2. The molecule has 7 nitrogen and oxygen atoms in total. The van der Waals surface area contributed by atoms with E-state index in [-0.39, 0.29) is 11.3 Å². The third-order valence-electron chi connectivity index (χ3n) is 4.36. The summed E-state index contributed by atoms with van der Waals surface area (Å²) in [6.07, 6.45) is 3.85. The molecule has 0 bridgehead atoms. The minimum absolute atomic E-state index is 0.162. The number of benzene rings is 1. The predicted octanol–water partition coefficient (Wildman–Crippen LogP) is 2.82. The Kier molecular flexibility index (Phi) is 5.06. The number of rotatable bonds is 7. The Hall–Kier alpha value is -3.09. The number of hydrogen-bond donors (Lipinski definition) is 3. The molecular formula is C19H20N2O5. The molecular weight excluding hydrogens is 336 g/mol. The molecule has 1 aliphatic rings. The molecule has 1 aromatic carbocycles. The summed E-state index contributed by atoms with van der Waals surface area (Å²) in [4.78, 5) is 35.9. The van der Waals surface area contributed by atoms with Gasteiger partial charge in [-0.05, 0) is 49.1 Å². The number of aryl methyl sites for hydroxylation is 1. The highest BCUT2D eigenvalue weighted by molar-refractivity contribution is 6.04. The summed E-state index contributed by atoms with van der Waals surface area (Å²) in [5, 5.41) is 14.5. The van der Waals surface area contributed by atoms with E-state index in [0.717, 1.165) is 18.4 Å². The van der Waals surface area contributed by atoms with E-state index in [1.807, 2.05) is 0 Å². The van der Waals surface area contributed by atoms with Crippen molar-refractivity contribution in [2.75, 3.05) is 5.32 Å². The van der Waals surface area contributed by atoms with Crippen molar-refractivity contribution in [3.63, 3.8) is 0 Å². The van der Waals surface area contributed by atoms with Crippen molar-refractivity contribution in [3.8, 4) is 0 Å². The van der Waals surface area contributed by atoms with Gasteiger partial charge in [-0.1, -0.05) is 18.9 Å². The summed E-state index contributed by atoms with van der Waals surface area (Å²) < 4.78 is 5.05. The second-order valence-electron chi connectivity index (χ2n) is 6.50. The second-order valence-corrected chi connectivity index (χ2v) is 6.50. The molecule has 0 saturated heterocycles. The van der Waals surface area contributed by atoms with Crippen LogP contribution < -0.4 is 10.6 Å². The highest BCUT2D eigenvalue weighted by Gasteiger charge is 2.30. The van der Waals surface area contributed by atoms with E-state index in [4.69, 9.17) is 4.42 Å². The number of furan rings is 1. The molecule has 136 valence electrons. The van der Waals surface area contributed by atoms with Crippen molar-refractivity contribution < 1.29 is 23.9 Å². The van der Waals surface area contributed by atoms with Crippen LogP contribution in [0.5, 0.6) is 0 Å². The van der Waals surface area contributed by atoms with Crippen LogP contribution in [0.15, 0.2) is 41.0 Å². The van der Waals surface area contributed by atoms with Crippen LogP contribution in [0, 0.1) is 12.8 Å². The van der Waals surface area contributed by atoms with Gasteiger partial charge >= 0.3 is 5.97 Å². The summed E-state index contributed by atoms with van der Waals surface area (Å²) in [5.74, 6) is -1.41. The zero-order valence-electron chi connectivity index (χ0n) is 14.3. The summed E-state index contributed by atoms with van der Waals surface area (Å²) in [6, 6.07) is 7.07. The maximum absolute atomic E-state index is 12.4. The van der Waals surface area contributed by atoms with Crippen molar-refractivity contribution in [3.05, 3.63) is 53.5 Å². The molecule has 1 saturated carbocycles. The van der Waals surface area contributed by atoms with Gasteiger partial charge in [-0.3, -0.25) is 9.59 Å². The van der Waals surface area contributed by atoms with Crippen LogP contribution in [0.25, 0.3) is 0 Å². The number of aliphatic carboxylic acids is 1. The van der Waals surface area contributed by atoms with Crippen LogP contribution in [0.1, 0.15) is 45.7 Å². The maximum atomic E-state index is 12.4. The van der Waals surface area contributed by atoms with E-state index in [1.54, 1.807) is 25.1 Å². The van der Waals surface area contributed by atoms with Crippen LogP contribution in [-0.4, -0.2) is 28.9 Å². The van der Waals surface area contributed by atoms with E-state index < -0.39 is 23.8 Å². The topological polar surface area (TPSA) is 109 Å². The molecule has 0 spiro atoms. The Morgan fingerprint density at radius 2 is 2.00 bits per heavy atom. The quantitative estimate of drug-likeness (QED) is 0.707. The largest absolute Gasteiger partial charge is 0.480 e. The molecule has 0 radical (unpaired) electrons. The Labute approximate surface area is 150 Å². The van der Waals surface area contributed by atoms with Crippen LogP contribution in [0.4, 0.5) is 5.69 Å². The van der Waals surface area contributed by atoms with Gasteiger partial charge in [0, 0.05) is 11.3 Å². The molecule has 1 unspecified atom stereocenters. The van der Waals surface area contributed by atoms with Crippen molar-refractivity contribution in [1.82, 2.24) is 5.32 Å². The van der Waals surface area contributed by atoms with Crippen molar-refractivity contribution >= 4 is 23.5 Å².